The Labute approximate surface area is 122 Å². The Morgan fingerprint density at radius 1 is 1.10 bits per heavy atom. The monoisotopic (exact) mass is 278 g/mol. The van der Waals surface area contributed by atoms with Crippen molar-refractivity contribution in [1.29, 1.82) is 0 Å². The van der Waals surface area contributed by atoms with Crippen molar-refractivity contribution in [3.63, 3.8) is 0 Å². The smallest absolute Gasteiger partial charge is 0.211 e. The van der Waals surface area contributed by atoms with Crippen LogP contribution in [0.2, 0.25) is 0 Å². The van der Waals surface area contributed by atoms with Crippen molar-refractivity contribution in [2.24, 2.45) is 5.73 Å². The first-order valence-electron chi connectivity index (χ1n) is 6.59. The molecule has 0 amide bonds. The molecular formula is C16H14N4O. The first kappa shape index (κ1) is 13.2. The largest absolute Gasteiger partial charge is 0.325 e. The van der Waals surface area contributed by atoms with E-state index >= 15 is 0 Å². The quantitative estimate of drug-likeness (QED) is 0.740. The van der Waals surface area contributed by atoms with Crippen LogP contribution in [0.4, 0.5) is 0 Å². The number of nitrogens with zero attached hydrogens (tertiary/aromatic N) is 3. The van der Waals surface area contributed by atoms with Gasteiger partial charge in [0.25, 0.3) is 0 Å². The van der Waals surface area contributed by atoms with Crippen LogP contribution in [0.5, 0.6) is 0 Å². The van der Waals surface area contributed by atoms with Crippen molar-refractivity contribution in [3.05, 3.63) is 77.9 Å². The summed E-state index contributed by atoms with van der Waals surface area (Å²) in [5, 5.41) is 4.23. The Balaban J connectivity index is 2.01. The number of benzene rings is 1. The fourth-order valence-electron chi connectivity index (χ4n) is 2.13. The zero-order chi connectivity index (χ0) is 14.7. The molecular weight excluding hydrogens is 264 g/mol. The van der Waals surface area contributed by atoms with E-state index < -0.39 is 0 Å². The second kappa shape index (κ2) is 5.68. The lowest BCUT2D eigenvalue weighted by Gasteiger charge is -2.07. The summed E-state index contributed by atoms with van der Waals surface area (Å²) >= 11 is 0. The molecule has 0 atom stereocenters. The highest BCUT2D eigenvalue weighted by Gasteiger charge is 2.15. The Kier molecular flexibility index (Phi) is 3.57. The Morgan fingerprint density at radius 3 is 2.67 bits per heavy atom. The number of hydrogen-bond donors (Lipinski definition) is 1. The van der Waals surface area contributed by atoms with Crippen LogP contribution in [0.25, 0.3) is 5.69 Å². The van der Waals surface area contributed by atoms with E-state index in [1.807, 2.05) is 30.3 Å². The van der Waals surface area contributed by atoms with Crippen LogP contribution >= 0.6 is 0 Å². The molecule has 0 bridgehead atoms. The number of aromatic nitrogens is 3. The number of carbonyl (C=O) groups excluding carboxylic acids is 1. The maximum atomic E-state index is 12.6. The summed E-state index contributed by atoms with van der Waals surface area (Å²) in [5.41, 5.74) is 8.17. The van der Waals surface area contributed by atoms with Gasteiger partial charge < -0.3 is 5.73 Å². The van der Waals surface area contributed by atoms with Gasteiger partial charge in [-0.15, -0.1) is 0 Å². The molecule has 104 valence electrons. The van der Waals surface area contributed by atoms with Gasteiger partial charge in [0.1, 0.15) is 5.69 Å². The SMILES string of the molecule is NCc1cc(C(=O)c2ccnn2-c2ccccc2)ccn1. The number of nitrogens with two attached hydrogens (primary N) is 1. The number of para-hydroxylation sites is 1. The molecule has 1 aromatic carbocycles. The minimum absolute atomic E-state index is 0.103. The van der Waals surface area contributed by atoms with E-state index in [1.165, 1.54) is 0 Å². The van der Waals surface area contributed by atoms with E-state index in [0.717, 1.165) is 5.69 Å². The Morgan fingerprint density at radius 2 is 1.90 bits per heavy atom. The Bertz CT molecular complexity index is 765. The molecule has 0 radical (unpaired) electrons. The molecule has 0 aliphatic carbocycles. The maximum Gasteiger partial charge on any atom is 0.211 e. The van der Waals surface area contributed by atoms with Crippen LogP contribution in [0.1, 0.15) is 21.7 Å². The van der Waals surface area contributed by atoms with Crippen molar-refractivity contribution in [2.45, 2.75) is 6.54 Å². The summed E-state index contributed by atoms with van der Waals surface area (Å²) in [6, 6.07) is 14.6. The van der Waals surface area contributed by atoms with Crippen LogP contribution in [0.3, 0.4) is 0 Å². The van der Waals surface area contributed by atoms with Crippen molar-refractivity contribution < 1.29 is 4.79 Å². The van der Waals surface area contributed by atoms with Crippen LogP contribution in [0.15, 0.2) is 60.9 Å². The zero-order valence-corrected chi connectivity index (χ0v) is 11.3. The molecule has 0 unspecified atom stereocenters. The third-order valence-electron chi connectivity index (χ3n) is 3.16. The van der Waals surface area contributed by atoms with E-state index in [1.54, 1.807) is 35.3 Å². The molecule has 3 aromatic rings. The van der Waals surface area contributed by atoms with Gasteiger partial charge in [-0.3, -0.25) is 9.78 Å². The van der Waals surface area contributed by atoms with Crippen molar-refractivity contribution in [3.8, 4) is 5.69 Å². The van der Waals surface area contributed by atoms with Gasteiger partial charge in [-0.25, -0.2) is 4.68 Å². The summed E-state index contributed by atoms with van der Waals surface area (Å²) in [6.07, 6.45) is 3.21. The van der Waals surface area contributed by atoms with E-state index in [4.69, 9.17) is 5.73 Å². The lowest BCUT2D eigenvalue weighted by Crippen LogP contribution is -2.11. The van der Waals surface area contributed by atoms with Crippen molar-refractivity contribution in [1.82, 2.24) is 14.8 Å². The molecule has 0 spiro atoms. The number of ketones is 1. The number of hydrogen-bond acceptors (Lipinski definition) is 4. The molecule has 3 rings (SSSR count). The predicted molar refractivity (Wildman–Crippen MR) is 79.1 cm³/mol. The zero-order valence-electron chi connectivity index (χ0n) is 11.3. The summed E-state index contributed by atoms with van der Waals surface area (Å²) in [4.78, 5) is 16.7. The van der Waals surface area contributed by atoms with Crippen molar-refractivity contribution in [2.75, 3.05) is 0 Å². The van der Waals surface area contributed by atoms with Crippen LogP contribution in [0, 0.1) is 0 Å². The molecule has 5 heteroatoms. The summed E-state index contributed by atoms with van der Waals surface area (Å²) in [6.45, 7) is 0.305. The minimum Gasteiger partial charge on any atom is -0.325 e. The fraction of sp³-hybridized carbons (Fsp3) is 0.0625. The summed E-state index contributed by atoms with van der Waals surface area (Å²) in [7, 11) is 0. The van der Waals surface area contributed by atoms with Gasteiger partial charge in [-0.05, 0) is 30.3 Å². The first-order chi connectivity index (χ1) is 10.3. The van der Waals surface area contributed by atoms with Crippen molar-refractivity contribution >= 4 is 5.78 Å². The van der Waals surface area contributed by atoms with Crippen LogP contribution < -0.4 is 5.73 Å². The molecule has 0 aliphatic heterocycles. The fourth-order valence-corrected chi connectivity index (χ4v) is 2.13. The van der Waals surface area contributed by atoms with Gasteiger partial charge in [0, 0.05) is 18.3 Å². The van der Waals surface area contributed by atoms with E-state index in [2.05, 4.69) is 10.1 Å². The van der Waals surface area contributed by atoms with E-state index in [9.17, 15) is 4.79 Å². The molecule has 2 aromatic heterocycles. The number of pyridine rings is 1. The van der Waals surface area contributed by atoms with Gasteiger partial charge in [0.05, 0.1) is 17.6 Å². The lowest BCUT2D eigenvalue weighted by molar-refractivity contribution is 0.103. The molecule has 5 nitrogen and oxygen atoms in total. The van der Waals surface area contributed by atoms with Gasteiger partial charge >= 0.3 is 0 Å². The highest BCUT2D eigenvalue weighted by molar-refractivity contribution is 6.08. The van der Waals surface area contributed by atoms with Gasteiger partial charge in [0.15, 0.2) is 0 Å². The van der Waals surface area contributed by atoms with Gasteiger partial charge in [-0.1, -0.05) is 18.2 Å². The van der Waals surface area contributed by atoms with Crippen LogP contribution in [-0.4, -0.2) is 20.5 Å². The first-order valence-corrected chi connectivity index (χ1v) is 6.59. The highest BCUT2D eigenvalue weighted by Crippen LogP contribution is 2.14. The average Bonchev–Trinajstić information content (AvgIpc) is 3.04. The average molecular weight is 278 g/mol. The topological polar surface area (TPSA) is 73.8 Å². The second-order valence-electron chi connectivity index (χ2n) is 4.53. The lowest BCUT2D eigenvalue weighted by atomic mass is 10.1. The predicted octanol–water partition coefficient (Wildman–Crippen LogP) is 1.96. The third kappa shape index (κ3) is 2.59. The van der Waals surface area contributed by atoms with E-state index in [0.29, 0.717) is 23.5 Å². The normalized spacial score (nSPS) is 10.5. The summed E-state index contributed by atoms with van der Waals surface area (Å²) in [5.74, 6) is -0.103. The number of rotatable bonds is 4. The van der Waals surface area contributed by atoms with E-state index in [-0.39, 0.29) is 5.78 Å². The Hall–Kier alpha value is -2.79. The minimum atomic E-state index is -0.103. The second-order valence-corrected chi connectivity index (χ2v) is 4.53. The maximum absolute atomic E-state index is 12.6. The standard InChI is InChI=1S/C16H14N4O/c17-11-13-10-12(6-8-18-13)16(21)15-7-9-19-20(15)14-4-2-1-3-5-14/h1-10H,11,17H2. The van der Waals surface area contributed by atoms with Crippen LogP contribution in [-0.2, 0) is 6.54 Å². The molecule has 2 N–H and O–H groups in total. The molecule has 0 saturated carbocycles. The third-order valence-corrected chi connectivity index (χ3v) is 3.16. The number of carbonyl (C=O) groups is 1. The molecule has 2 heterocycles. The highest BCUT2D eigenvalue weighted by atomic mass is 16.1. The van der Waals surface area contributed by atoms with Gasteiger partial charge in [0.2, 0.25) is 5.78 Å². The molecule has 0 fully saturated rings. The molecule has 0 saturated heterocycles. The molecule has 21 heavy (non-hydrogen) atoms. The summed E-state index contributed by atoms with van der Waals surface area (Å²) < 4.78 is 1.63. The van der Waals surface area contributed by atoms with Gasteiger partial charge in [-0.2, -0.15) is 5.10 Å². The molecule has 0 aliphatic rings.